The first-order chi connectivity index (χ1) is 8.56. The van der Waals surface area contributed by atoms with Gasteiger partial charge in [0, 0.05) is 19.1 Å². The maximum Gasteiger partial charge on any atom is 0.258 e. The van der Waals surface area contributed by atoms with E-state index in [1.807, 2.05) is 13.8 Å². The summed E-state index contributed by atoms with van der Waals surface area (Å²) in [5, 5.41) is 5.80. The molecule has 0 fully saturated rings. The zero-order chi connectivity index (χ0) is 13.5. The van der Waals surface area contributed by atoms with Crippen molar-refractivity contribution in [2.45, 2.75) is 19.9 Å². The lowest BCUT2D eigenvalue weighted by molar-refractivity contribution is 0.0946. The van der Waals surface area contributed by atoms with Gasteiger partial charge in [0.25, 0.3) is 5.91 Å². The Kier molecular flexibility index (Phi) is 5.58. The first kappa shape index (κ1) is 14.4. The van der Waals surface area contributed by atoms with Crippen LogP contribution in [-0.2, 0) is 0 Å². The Morgan fingerprint density at radius 3 is 2.72 bits per heavy atom. The van der Waals surface area contributed by atoms with Crippen molar-refractivity contribution in [2.75, 3.05) is 20.2 Å². The van der Waals surface area contributed by atoms with Crippen LogP contribution in [0.5, 0.6) is 5.75 Å². The topological polar surface area (TPSA) is 50.4 Å². The zero-order valence-electron chi connectivity index (χ0n) is 10.9. The third-order valence-corrected chi connectivity index (χ3v) is 2.39. The molecule has 0 saturated heterocycles. The highest BCUT2D eigenvalue weighted by Crippen LogP contribution is 2.20. The van der Waals surface area contributed by atoms with E-state index in [1.54, 1.807) is 6.07 Å². The van der Waals surface area contributed by atoms with E-state index in [2.05, 4.69) is 10.6 Å². The lowest BCUT2D eigenvalue weighted by atomic mass is 10.1. The number of hydrogen-bond donors (Lipinski definition) is 2. The molecule has 5 heteroatoms. The summed E-state index contributed by atoms with van der Waals surface area (Å²) in [6.07, 6.45) is 0. The molecular formula is C13H19FN2O2. The van der Waals surface area contributed by atoms with Crippen LogP contribution in [0.2, 0.25) is 0 Å². The Morgan fingerprint density at radius 2 is 2.11 bits per heavy atom. The molecule has 0 bridgehead atoms. The first-order valence-corrected chi connectivity index (χ1v) is 5.90. The highest BCUT2D eigenvalue weighted by Gasteiger charge is 2.16. The van der Waals surface area contributed by atoms with Gasteiger partial charge >= 0.3 is 0 Å². The Bertz CT molecular complexity index is 408. The Hall–Kier alpha value is -1.62. The fourth-order valence-electron chi connectivity index (χ4n) is 1.52. The molecule has 1 amide bonds. The minimum Gasteiger partial charge on any atom is -0.496 e. The van der Waals surface area contributed by atoms with E-state index in [9.17, 15) is 9.18 Å². The average molecular weight is 254 g/mol. The van der Waals surface area contributed by atoms with Crippen molar-refractivity contribution >= 4 is 5.91 Å². The summed E-state index contributed by atoms with van der Waals surface area (Å²) in [4.78, 5) is 11.8. The Balaban J connectivity index is 2.61. The van der Waals surface area contributed by atoms with Gasteiger partial charge in [-0.15, -0.1) is 0 Å². The van der Waals surface area contributed by atoms with Gasteiger partial charge in [-0.3, -0.25) is 4.79 Å². The molecule has 4 nitrogen and oxygen atoms in total. The van der Waals surface area contributed by atoms with Gasteiger partial charge < -0.3 is 15.4 Å². The van der Waals surface area contributed by atoms with Crippen molar-refractivity contribution < 1.29 is 13.9 Å². The molecule has 1 aromatic carbocycles. The number of nitrogens with one attached hydrogen (secondary N) is 2. The van der Waals surface area contributed by atoms with Crippen molar-refractivity contribution in [3.8, 4) is 5.75 Å². The molecule has 100 valence electrons. The lowest BCUT2D eigenvalue weighted by Gasteiger charge is -2.11. The van der Waals surface area contributed by atoms with Gasteiger partial charge in [0.2, 0.25) is 0 Å². The van der Waals surface area contributed by atoms with Gasteiger partial charge in [0.1, 0.15) is 17.1 Å². The van der Waals surface area contributed by atoms with Crippen LogP contribution in [0.15, 0.2) is 18.2 Å². The van der Waals surface area contributed by atoms with Gasteiger partial charge in [-0.25, -0.2) is 4.39 Å². The van der Waals surface area contributed by atoms with Crippen LogP contribution >= 0.6 is 0 Å². The van der Waals surface area contributed by atoms with E-state index >= 15 is 0 Å². The van der Waals surface area contributed by atoms with E-state index in [-0.39, 0.29) is 11.3 Å². The van der Waals surface area contributed by atoms with E-state index in [0.717, 1.165) is 0 Å². The second-order valence-corrected chi connectivity index (χ2v) is 4.18. The number of amides is 1. The van der Waals surface area contributed by atoms with E-state index < -0.39 is 11.7 Å². The van der Waals surface area contributed by atoms with Gasteiger partial charge in [0.15, 0.2) is 0 Å². The maximum absolute atomic E-state index is 13.6. The molecule has 0 aliphatic heterocycles. The van der Waals surface area contributed by atoms with Crippen LogP contribution in [0, 0.1) is 5.82 Å². The summed E-state index contributed by atoms with van der Waals surface area (Å²) in [5.41, 5.74) is -0.0513. The summed E-state index contributed by atoms with van der Waals surface area (Å²) in [6.45, 7) is 5.11. The second kappa shape index (κ2) is 6.96. The van der Waals surface area contributed by atoms with Crippen molar-refractivity contribution in [1.29, 1.82) is 0 Å². The molecule has 0 radical (unpaired) electrons. The van der Waals surface area contributed by atoms with Crippen LogP contribution in [-0.4, -0.2) is 32.1 Å². The number of ether oxygens (including phenoxy) is 1. The summed E-state index contributed by atoms with van der Waals surface area (Å²) in [7, 11) is 1.41. The SMILES string of the molecule is COc1cccc(F)c1C(=O)NCCNC(C)C. The summed E-state index contributed by atoms with van der Waals surface area (Å²) in [5.74, 6) is -0.802. The van der Waals surface area contributed by atoms with E-state index in [0.29, 0.717) is 19.1 Å². The summed E-state index contributed by atoms with van der Waals surface area (Å²) in [6, 6.07) is 4.66. The molecule has 1 aromatic rings. The monoisotopic (exact) mass is 254 g/mol. The predicted molar refractivity (Wildman–Crippen MR) is 68.4 cm³/mol. The maximum atomic E-state index is 13.6. The summed E-state index contributed by atoms with van der Waals surface area (Å²) >= 11 is 0. The Labute approximate surface area is 107 Å². The predicted octanol–water partition coefficient (Wildman–Crippen LogP) is 1.56. The molecule has 0 atom stereocenters. The molecule has 2 N–H and O–H groups in total. The van der Waals surface area contributed by atoms with Crippen molar-refractivity contribution in [3.05, 3.63) is 29.6 Å². The fraction of sp³-hybridized carbons (Fsp3) is 0.462. The highest BCUT2D eigenvalue weighted by molar-refractivity contribution is 5.97. The second-order valence-electron chi connectivity index (χ2n) is 4.18. The number of rotatable bonds is 6. The van der Waals surface area contributed by atoms with Crippen LogP contribution in [0.3, 0.4) is 0 Å². The molecular weight excluding hydrogens is 235 g/mol. The fourth-order valence-corrected chi connectivity index (χ4v) is 1.52. The summed E-state index contributed by atoms with van der Waals surface area (Å²) < 4.78 is 18.5. The molecule has 0 aromatic heterocycles. The number of hydrogen-bond acceptors (Lipinski definition) is 3. The first-order valence-electron chi connectivity index (χ1n) is 5.90. The van der Waals surface area contributed by atoms with E-state index in [4.69, 9.17) is 4.74 Å². The molecule has 0 aliphatic rings. The lowest BCUT2D eigenvalue weighted by Crippen LogP contribution is -2.35. The van der Waals surface area contributed by atoms with Crippen LogP contribution in [0.4, 0.5) is 4.39 Å². The minimum atomic E-state index is -0.580. The van der Waals surface area contributed by atoms with Crippen LogP contribution in [0.25, 0.3) is 0 Å². The highest BCUT2D eigenvalue weighted by atomic mass is 19.1. The largest absolute Gasteiger partial charge is 0.496 e. The number of carbonyl (C=O) groups excluding carboxylic acids is 1. The average Bonchev–Trinajstić information content (AvgIpc) is 2.33. The molecule has 0 unspecified atom stereocenters. The minimum absolute atomic E-state index is 0.0513. The number of methoxy groups -OCH3 is 1. The quantitative estimate of drug-likeness (QED) is 0.757. The zero-order valence-corrected chi connectivity index (χ0v) is 10.9. The molecule has 0 aliphatic carbocycles. The third kappa shape index (κ3) is 4.00. The normalized spacial score (nSPS) is 10.5. The van der Waals surface area contributed by atoms with Gasteiger partial charge in [-0.1, -0.05) is 19.9 Å². The molecule has 0 spiro atoms. The van der Waals surface area contributed by atoms with Gasteiger partial charge in [0.05, 0.1) is 7.11 Å². The smallest absolute Gasteiger partial charge is 0.258 e. The van der Waals surface area contributed by atoms with Gasteiger partial charge in [-0.05, 0) is 12.1 Å². The molecule has 0 heterocycles. The van der Waals surface area contributed by atoms with Crippen LogP contribution in [0.1, 0.15) is 24.2 Å². The standard InChI is InChI=1S/C13H19FN2O2/c1-9(2)15-7-8-16-13(17)12-10(14)5-4-6-11(12)18-3/h4-6,9,15H,7-8H2,1-3H3,(H,16,17). The number of carbonyl (C=O) groups is 1. The number of halogens is 1. The van der Waals surface area contributed by atoms with Crippen molar-refractivity contribution in [1.82, 2.24) is 10.6 Å². The third-order valence-electron chi connectivity index (χ3n) is 2.39. The molecule has 18 heavy (non-hydrogen) atoms. The number of benzene rings is 1. The molecule has 1 rings (SSSR count). The molecule has 0 saturated carbocycles. The Morgan fingerprint density at radius 1 is 1.39 bits per heavy atom. The van der Waals surface area contributed by atoms with Crippen LogP contribution < -0.4 is 15.4 Å². The van der Waals surface area contributed by atoms with Crippen molar-refractivity contribution in [3.63, 3.8) is 0 Å². The van der Waals surface area contributed by atoms with Crippen molar-refractivity contribution in [2.24, 2.45) is 0 Å². The van der Waals surface area contributed by atoms with Gasteiger partial charge in [-0.2, -0.15) is 0 Å². The van der Waals surface area contributed by atoms with E-state index in [1.165, 1.54) is 19.2 Å².